The van der Waals surface area contributed by atoms with Gasteiger partial charge in [-0.25, -0.2) is 4.98 Å². The zero-order valence-corrected chi connectivity index (χ0v) is 17.7. The van der Waals surface area contributed by atoms with Gasteiger partial charge in [-0.3, -0.25) is 19.6 Å². The van der Waals surface area contributed by atoms with Gasteiger partial charge in [-0.1, -0.05) is 18.2 Å². The fraction of sp³-hybridized carbons (Fsp3) is 0.348. The molecule has 2 amide bonds. The molecule has 1 unspecified atom stereocenters. The quantitative estimate of drug-likeness (QED) is 0.616. The van der Waals surface area contributed by atoms with Crippen molar-refractivity contribution in [1.29, 1.82) is 0 Å². The van der Waals surface area contributed by atoms with Crippen LogP contribution in [0.3, 0.4) is 0 Å². The SMILES string of the molecule is COCCNC(=O)c1cc(C2CCN(C(=O)c3cnc(C)cn3)C2)nc2ccccc12. The maximum atomic E-state index is 12.8. The first-order valence-electron chi connectivity index (χ1n) is 10.3. The van der Waals surface area contributed by atoms with Crippen LogP contribution >= 0.6 is 0 Å². The Morgan fingerprint density at radius 1 is 1.23 bits per heavy atom. The standard InChI is InChI=1S/C23H25N5O3/c1-15-12-26-21(13-25-15)23(30)28-9-7-16(14-28)20-11-18(22(29)24-8-10-31-2)17-5-3-4-6-19(17)27-20/h3-6,11-13,16H,7-10,14H2,1-2H3,(H,24,29). The van der Waals surface area contributed by atoms with E-state index in [1.807, 2.05) is 37.3 Å². The minimum Gasteiger partial charge on any atom is -0.383 e. The molecule has 0 aliphatic carbocycles. The van der Waals surface area contributed by atoms with Crippen molar-refractivity contribution in [3.8, 4) is 0 Å². The molecule has 1 aromatic carbocycles. The first-order chi connectivity index (χ1) is 15.1. The van der Waals surface area contributed by atoms with Gasteiger partial charge >= 0.3 is 0 Å². The highest BCUT2D eigenvalue weighted by Crippen LogP contribution is 2.30. The van der Waals surface area contributed by atoms with Crippen molar-refractivity contribution >= 4 is 22.7 Å². The predicted octanol–water partition coefficient (Wildman–Crippen LogP) is 2.34. The second-order valence-electron chi connectivity index (χ2n) is 7.64. The lowest BCUT2D eigenvalue weighted by Gasteiger charge is -2.17. The van der Waals surface area contributed by atoms with E-state index < -0.39 is 0 Å². The topological polar surface area (TPSA) is 97.3 Å². The van der Waals surface area contributed by atoms with Crippen LogP contribution in [0.25, 0.3) is 10.9 Å². The Labute approximate surface area is 180 Å². The third kappa shape index (κ3) is 4.54. The van der Waals surface area contributed by atoms with Gasteiger partial charge in [0.15, 0.2) is 0 Å². The number of ether oxygens (including phenoxy) is 1. The second kappa shape index (κ2) is 9.18. The summed E-state index contributed by atoms with van der Waals surface area (Å²) in [5.41, 5.74) is 3.29. The lowest BCUT2D eigenvalue weighted by atomic mass is 9.99. The highest BCUT2D eigenvalue weighted by atomic mass is 16.5. The van der Waals surface area contributed by atoms with Crippen LogP contribution in [0, 0.1) is 6.92 Å². The molecule has 3 aromatic rings. The van der Waals surface area contributed by atoms with Gasteiger partial charge in [0.1, 0.15) is 5.69 Å². The van der Waals surface area contributed by atoms with Crippen molar-refractivity contribution in [1.82, 2.24) is 25.2 Å². The van der Waals surface area contributed by atoms with Crippen molar-refractivity contribution in [2.75, 3.05) is 33.4 Å². The Morgan fingerprint density at radius 3 is 2.84 bits per heavy atom. The van der Waals surface area contributed by atoms with Crippen LogP contribution in [-0.2, 0) is 4.74 Å². The molecule has 0 saturated carbocycles. The van der Waals surface area contributed by atoms with E-state index in [4.69, 9.17) is 9.72 Å². The number of aromatic nitrogens is 3. The van der Waals surface area contributed by atoms with E-state index in [1.54, 1.807) is 18.2 Å². The van der Waals surface area contributed by atoms with Crippen molar-refractivity contribution in [3.63, 3.8) is 0 Å². The monoisotopic (exact) mass is 419 g/mol. The summed E-state index contributed by atoms with van der Waals surface area (Å²) in [6, 6.07) is 9.47. The minimum absolute atomic E-state index is 0.0532. The van der Waals surface area contributed by atoms with Crippen LogP contribution in [0.15, 0.2) is 42.7 Å². The molecule has 1 atom stereocenters. The molecular formula is C23H25N5O3. The number of amides is 2. The summed E-state index contributed by atoms with van der Waals surface area (Å²) in [4.78, 5) is 40.6. The molecule has 3 heterocycles. The molecule has 160 valence electrons. The Balaban J connectivity index is 1.57. The maximum Gasteiger partial charge on any atom is 0.274 e. The number of likely N-dealkylation sites (tertiary alicyclic amines) is 1. The minimum atomic E-state index is -0.155. The molecule has 8 nitrogen and oxygen atoms in total. The van der Waals surface area contributed by atoms with Gasteiger partial charge in [0.2, 0.25) is 0 Å². The number of carbonyl (C=O) groups is 2. The number of pyridine rings is 1. The summed E-state index contributed by atoms with van der Waals surface area (Å²) in [6.07, 6.45) is 3.89. The number of nitrogens with one attached hydrogen (secondary N) is 1. The van der Waals surface area contributed by atoms with E-state index in [0.29, 0.717) is 37.5 Å². The molecule has 8 heteroatoms. The first kappa shape index (κ1) is 20.9. The van der Waals surface area contributed by atoms with Gasteiger partial charge < -0.3 is 15.0 Å². The number of rotatable bonds is 6. The van der Waals surface area contributed by atoms with E-state index in [-0.39, 0.29) is 17.7 Å². The van der Waals surface area contributed by atoms with Crippen LogP contribution in [0.1, 0.15) is 44.6 Å². The Bertz CT molecular complexity index is 1100. The lowest BCUT2D eigenvalue weighted by Crippen LogP contribution is -2.29. The van der Waals surface area contributed by atoms with Gasteiger partial charge in [-0.15, -0.1) is 0 Å². The summed E-state index contributed by atoms with van der Waals surface area (Å²) >= 11 is 0. The summed E-state index contributed by atoms with van der Waals surface area (Å²) in [5.74, 6) is -0.233. The molecule has 0 bridgehead atoms. The van der Waals surface area contributed by atoms with Gasteiger partial charge in [-0.2, -0.15) is 0 Å². The summed E-state index contributed by atoms with van der Waals surface area (Å²) in [5, 5.41) is 3.70. The number of nitrogens with zero attached hydrogens (tertiary/aromatic N) is 4. The molecule has 31 heavy (non-hydrogen) atoms. The number of methoxy groups -OCH3 is 1. The molecule has 0 radical (unpaired) electrons. The number of hydrogen-bond donors (Lipinski definition) is 1. The van der Waals surface area contributed by atoms with Crippen LogP contribution in [-0.4, -0.2) is 65.0 Å². The van der Waals surface area contributed by atoms with Gasteiger partial charge in [0.05, 0.1) is 29.6 Å². The van der Waals surface area contributed by atoms with E-state index in [1.165, 1.54) is 6.20 Å². The van der Waals surface area contributed by atoms with Crippen molar-refractivity contribution in [2.45, 2.75) is 19.3 Å². The Hall–Kier alpha value is -3.39. The number of carbonyl (C=O) groups excluding carboxylic acids is 2. The van der Waals surface area contributed by atoms with Crippen LogP contribution in [0.2, 0.25) is 0 Å². The molecule has 1 fully saturated rings. The number of para-hydroxylation sites is 1. The molecule has 0 spiro atoms. The molecular weight excluding hydrogens is 394 g/mol. The third-order valence-electron chi connectivity index (χ3n) is 5.47. The lowest BCUT2D eigenvalue weighted by molar-refractivity contribution is 0.0784. The highest BCUT2D eigenvalue weighted by Gasteiger charge is 2.30. The molecule has 2 aromatic heterocycles. The molecule has 1 aliphatic heterocycles. The Morgan fingerprint density at radius 2 is 2.06 bits per heavy atom. The third-order valence-corrected chi connectivity index (χ3v) is 5.47. The molecule has 4 rings (SSSR count). The van der Waals surface area contributed by atoms with E-state index in [9.17, 15) is 9.59 Å². The van der Waals surface area contributed by atoms with E-state index >= 15 is 0 Å². The first-order valence-corrected chi connectivity index (χ1v) is 10.3. The van der Waals surface area contributed by atoms with Crippen LogP contribution < -0.4 is 5.32 Å². The molecule has 1 aliphatic rings. The molecule has 1 N–H and O–H groups in total. The zero-order valence-electron chi connectivity index (χ0n) is 17.7. The van der Waals surface area contributed by atoms with Gasteiger partial charge in [0, 0.05) is 49.9 Å². The molecule has 1 saturated heterocycles. The van der Waals surface area contributed by atoms with Crippen molar-refractivity contribution < 1.29 is 14.3 Å². The number of fused-ring (bicyclic) bond motifs is 1. The second-order valence-corrected chi connectivity index (χ2v) is 7.64. The van der Waals surface area contributed by atoms with Crippen LogP contribution in [0.4, 0.5) is 0 Å². The summed E-state index contributed by atoms with van der Waals surface area (Å²) in [7, 11) is 1.60. The fourth-order valence-corrected chi connectivity index (χ4v) is 3.81. The van der Waals surface area contributed by atoms with Gasteiger partial charge in [0.25, 0.3) is 11.8 Å². The predicted molar refractivity (Wildman–Crippen MR) is 116 cm³/mol. The normalized spacial score (nSPS) is 15.9. The summed E-state index contributed by atoms with van der Waals surface area (Å²) < 4.78 is 5.02. The average molecular weight is 419 g/mol. The van der Waals surface area contributed by atoms with E-state index in [2.05, 4.69) is 15.3 Å². The van der Waals surface area contributed by atoms with E-state index in [0.717, 1.165) is 28.7 Å². The zero-order chi connectivity index (χ0) is 21.8. The maximum absolute atomic E-state index is 12.8. The summed E-state index contributed by atoms with van der Waals surface area (Å²) in [6.45, 7) is 3.86. The largest absolute Gasteiger partial charge is 0.383 e. The fourth-order valence-electron chi connectivity index (χ4n) is 3.81. The smallest absolute Gasteiger partial charge is 0.274 e. The Kier molecular flexibility index (Phi) is 6.18. The average Bonchev–Trinajstić information content (AvgIpc) is 3.29. The highest BCUT2D eigenvalue weighted by molar-refractivity contribution is 6.06. The van der Waals surface area contributed by atoms with Crippen LogP contribution in [0.5, 0.6) is 0 Å². The van der Waals surface area contributed by atoms with Crippen molar-refractivity contribution in [3.05, 3.63) is 65.4 Å². The number of aryl methyl sites for hydroxylation is 1. The number of hydrogen-bond acceptors (Lipinski definition) is 6. The van der Waals surface area contributed by atoms with Crippen molar-refractivity contribution in [2.24, 2.45) is 0 Å². The van der Waals surface area contributed by atoms with Gasteiger partial charge in [-0.05, 0) is 25.5 Å². The number of benzene rings is 1.